The van der Waals surface area contributed by atoms with Crippen LogP contribution in [0.15, 0.2) is 18.3 Å². The number of carboxylic acid groups (broad SMARTS) is 1. The molecular formula is C16H23N3O2. The monoisotopic (exact) mass is 289 g/mol. The molecule has 21 heavy (non-hydrogen) atoms. The topological polar surface area (TPSA) is 86.0 Å². The van der Waals surface area contributed by atoms with Gasteiger partial charge in [-0.2, -0.15) is 5.26 Å². The molecule has 0 aliphatic carbocycles. The number of carboxylic acids is 1. The molecule has 0 radical (unpaired) electrons. The van der Waals surface area contributed by atoms with E-state index >= 15 is 0 Å². The lowest BCUT2D eigenvalue weighted by atomic mass is 9.76. The van der Waals surface area contributed by atoms with Crippen LogP contribution in [0.1, 0.15) is 45.7 Å². The molecule has 0 saturated carbocycles. The van der Waals surface area contributed by atoms with Gasteiger partial charge in [-0.3, -0.25) is 4.79 Å². The zero-order valence-corrected chi connectivity index (χ0v) is 12.9. The van der Waals surface area contributed by atoms with Crippen LogP contribution in [0.25, 0.3) is 0 Å². The molecule has 1 atom stereocenters. The Balaban J connectivity index is 2.53. The molecule has 0 amide bonds. The Hall–Kier alpha value is -2.09. The Morgan fingerprint density at radius 1 is 1.48 bits per heavy atom. The molecule has 0 bridgehead atoms. The average molecular weight is 289 g/mol. The molecule has 0 fully saturated rings. The molecule has 1 rings (SSSR count). The van der Waals surface area contributed by atoms with E-state index in [0.717, 1.165) is 18.7 Å². The first-order valence-corrected chi connectivity index (χ1v) is 7.14. The zero-order chi connectivity index (χ0) is 15.9. The van der Waals surface area contributed by atoms with Gasteiger partial charge in [0.2, 0.25) is 0 Å². The number of nitrogens with one attached hydrogen (secondary N) is 1. The molecule has 0 saturated heterocycles. The van der Waals surface area contributed by atoms with Gasteiger partial charge in [0.1, 0.15) is 11.8 Å². The Kier molecular flexibility index (Phi) is 6.16. The quantitative estimate of drug-likeness (QED) is 0.804. The van der Waals surface area contributed by atoms with Crippen LogP contribution in [-0.4, -0.2) is 22.6 Å². The van der Waals surface area contributed by atoms with E-state index in [2.05, 4.69) is 31.1 Å². The SMILES string of the molecule is CC(C)(C)C(CCNc1ccnc(C#N)c1)CCC(=O)O. The molecule has 0 aromatic carbocycles. The van der Waals surface area contributed by atoms with Gasteiger partial charge < -0.3 is 10.4 Å². The second kappa shape index (κ2) is 7.63. The first-order valence-electron chi connectivity index (χ1n) is 7.14. The van der Waals surface area contributed by atoms with Gasteiger partial charge in [0.05, 0.1) is 0 Å². The van der Waals surface area contributed by atoms with Gasteiger partial charge >= 0.3 is 5.97 Å². The van der Waals surface area contributed by atoms with Crippen molar-refractivity contribution in [2.75, 3.05) is 11.9 Å². The standard InChI is InChI=1S/C16H23N3O2/c1-16(2,3)12(4-5-15(20)21)6-8-18-13-7-9-19-14(10-13)11-17/h7,9-10,12H,4-6,8H2,1-3H3,(H,18,19)(H,20,21). The molecule has 5 nitrogen and oxygen atoms in total. The van der Waals surface area contributed by atoms with Crippen LogP contribution in [0.4, 0.5) is 5.69 Å². The van der Waals surface area contributed by atoms with E-state index in [1.54, 1.807) is 12.3 Å². The van der Waals surface area contributed by atoms with Crippen molar-refractivity contribution >= 4 is 11.7 Å². The van der Waals surface area contributed by atoms with Crippen LogP contribution in [0.3, 0.4) is 0 Å². The van der Waals surface area contributed by atoms with E-state index in [1.807, 2.05) is 12.1 Å². The second-order valence-corrected chi connectivity index (χ2v) is 6.25. The Morgan fingerprint density at radius 3 is 2.76 bits per heavy atom. The fourth-order valence-corrected chi connectivity index (χ4v) is 2.30. The molecule has 0 spiro atoms. The molecule has 0 aliphatic rings. The Bertz CT molecular complexity index is 515. The summed E-state index contributed by atoms with van der Waals surface area (Å²) in [5.74, 6) is -0.414. The highest BCUT2D eigenvalue weighted by Crippen LogP contribution is 2.32. The van der Waals surface area contributed by atoms with Gasteiger partial charge in [0, 0.05) is 24.8 Å². The number of hydrogen-bond donors (Lipinski definition) is 2. The summed E-state index contributed by atoms with van der Waals surface area (Å²) >= 11 is 0. The van der Waals surface area contributed by atoms with Crippen molar-refractivity contribution in [1.29, 1.82) is 5.26 Å². The normalized spacial score (nSPS) is 12.5. The minimum absolute atomic E-state index is 0.0766. The number of nitrogens with zero attached hydrogens (tertiary/aromatic N) is 2. The summed E-state index contributed by atoms with van der Waals surface area (Å²) in [6.07, 6.45) is 3.38. The lowest BCUT2D eigenvalue weighted by Gasteiger charge is -2.30. The molecule has 2 N–H and O–H groups in total. The molecule has 1 unspecified atom stereocenters. The smallest absolute Gasteiger partial charge is 0.303 e. The van der Waals surface area contributed by atoms with E-state index in [0.29, 0.717) is 18.0 Å². The van der Waals surface area contributed by atoms with Gasteiger partial charge in [-0.1, -0.05) is 20.8 Å². The first kappa shape index (κ1) is 17.0. The summed E-state index contributed by atoms with van der Waals surface area (Å²) < 4.78 is 0. The maximum absolute atomic E-state index is 10.7. The highest BCUT2D eigenvalue weighted by Gasteiger charge is 2.24. The van der Waals surface area contributed by atoms with Crippen LogP contribution in [0, 0.1) is 22.7 Å². The fourth-order valence-electron chi connectivity index (χ4n) is 2.30. The van der Waals surface area contributed by atoms with Crippen LogP contribution < -0.4 is 5.32 Å². The number of nitriles is 1. The van der Waals surface area contributed by atoms with Gasteiger partial charge in [-0.25, -0.2) is 4.98 Å². The van der Waals surface area contributed by atoms with Crippen molar-refractivity contribution in [3.8, 4) is 6.07 Å². The van der Waals surface area contributed by atoms with Crippen LogP contribution in [0.2, 0.25) is 0 Å². The van der Waals surface area contributed by atoms with E-state index in [4.69, 9.17) is 10.4 Å². The van der Waals surface area contributed by atoms with Crippen molar-refractivity contribution in [3.05, 3.63) is 24.0 Å². The summed E-state index contributed by atoms with van der Waals surface area (Å²) in [5, 5.41) is 20.9. The van der Waals surface area contributed by atoms with Crippen molar-refractivity contribution in [3.63, 3.8) is 0 Å². The van der Waals surface area contributed by atoms with Crippen molar-refractivity contribution in [1.82, 2.24) is 4.98 Å². The van der Waals surface area contributed by atoms with E-state index in [-0.39, 0.29) is 11.8 Å². The predicted octanol–water partition coefficient (Wildman–Crippen LogP) is 3.28. The van der Waals surface area contributed by atoms with Crippen molar-refractivity contribution in [2.45, 2.75) is 40.0 Å². The third-order valence-corrected chi connectivity index (χ3v) is 3.63. The number of pyridine rings is 1. The minimum Gasteiger partial charge on any atom is -0.481 e. The van der Waals surface area contributed by atoms with E-state index in [1.165, 1.54) is 0 Å². The average Bonchev–Trinajstić information content (AvgIpc) is 2.41. The summed E-state index contributed by atoms with van der Waals surface area (Å²) in [5.41, 5.74) is 1.33. The fraction of sp³-hybridized carbons (Fsp3) is 0.562. The number of hydrogen-bond acceptors (Lipinski definition) is 4. The Morgan fingerprint density at radius 2 is 2.19 bits per heavy atom. The van der Waals surface area contributed by atoms with E-state index < -0.39 is 5.97 Å². The van der Waals surface area contributed by atoms with Gasteiger partial charge in [0.25, 0.3) is 0 Å². The molecule has 1 heterocycles. The van der Waals surface area contributed by atoms with E-state index in [9.17, 15) is 4.79 Å². The Labute approximate surface area is 126 Å². The number of anilines is 1. The summed E-state index contributed by atoms with van der Waals surface area (Å²) in [4.78, 5) is 14.7. The summed E-state index contributed by atoms with van der Waals surface area (Å²) in [6, 6.07) is 5.54. The summed E-state index contributed by atoms with van der Waals surface area (Å²) in [6.45, 7) is 7.16. The highest BCUT2D eigenvalue weighted by atomic mass is 16.4. The lowest BCUT2D eigenvalue weighted by Crippen LogP contribution is -2.24. The zero-order valence-electron chi connectivity index (χ0n) is 12.9. The molecule has 1 aromatic heterocycles. The van der Waals surface area contributed by atoms with Crippen LogP contribution in [-0.2, 0) is 4.79 Å². The van der Waals surface area contributed by atoms with Gasteiger partial charge in [0.15, 0.2) is 0 Å². The number of carbonyl (C=O) groups is 1. The third-order valence-electron chi connectivity index (χ3n) is 3.63. The van der Waals surface area contributed by atoms with Gasteiger partial charge in [-0.15, -0.1) is 0 Å². The first-order chi connectivity index (χ1) is 9.82. The third kappa shape index (κ3) is 6.26. The maximum Gasteiger partial charge on any atom is 0.303 e. The molecule has 0 aliphatic heterocycles. The summed E-state index contributed by atoms with van der Waals surface area (Å²) in [7, 11) is 0. The van der Waals surface area contributed by atoms with Crippen molar-refractivity contribution < 1.29 is 9.90 Å². The van der Waals surface area contributed by atoms with Crippen LogP contribution >= 0.6 is 0 Å². The highest BCUT2D eigenvalue weighted by molar-refractivity contribution is 5.66. The number of rotatable bonds is 7. The second-order valence-electron chi connectivity index (χ2n) is 6.25. The minimum atomic E-state index is -0.745. The number of aromatic nitrogens is 1. The predicted molar refractivity (Wildman–Crippen MR) is 81.9 cm³/mol. The number of aliphatic carboxylic acids is 1. The largest absolute Gasteiger partial charge is 0.481 e. The maximum atomic E-state index is 10.7. The molecular weight excluding hydrogens is 266 g/mol. The van der Waals surface area contributed by atoms with Crippen LogP contribution in [0.5, 0.6) is 0 Å². The molecule has 114 valence electrons. The van der Waals surface area contributed by atoms with Crippen molar-refractivity contribution in [2.24, 2.45) is 11.3 Å². The molecule has 1 aromatic rings. The molecule has 5 heteroatoms. The van der Waals surface area contributed by atoms with Gasteiger partial charge in [-0.05, 0) is 36.3 Å². The lowest BCUT2D eigenvalue weighted by molar-refractivity contribution is -0.137.